The molecule has 3 rings (SSSR count). The predicted molar refractivity (Wildman–Crippen MR) is 103 cm³/mol. The number of carbonyl (C=O) groups excluding carboxylic acids is 1. The lowest BCUT2D eigenvalue weighted by Gasteiger charge is -2.10. The van der Waals surface area contributed by atoms with E-state index >= 15 is 0 Å². The maximum Gasteiger partial charge on any atom is 0.234 e. The van der Waals surface area contributed by atoms with Crippen LogP contribution in [-0.4, -0.2) is 33.5 Å². The summed E-state index contributed by atoms with van der Waals surface area (Å²) in [6, 6.07) is 13.0. The van der Waals surface area contributed by atoms with Gasteiger partial charge in [0.15, 0.2) is 5.16 Å². The Balaban J connectivity index is 1.65. The van der Waals surface area contributed by atoms with Crippen LogP contribution in [0.1, 0.15) is 5.56 Å². The number of para-hydroxylation sites is 1. The van der Waals surface area contributed by atoms with Crippen LogP contribution in [0.2, 0.25) is 5.02 Å². The van der Waals surface area contributed by atoms with Crippen molar-refractivity contribution in [2.24, 2.45) is 0 Å². The van der Waals surface area contributed by atoms with Crippen LogP contribution < -0.4 is 10.1 Å². The number of methoxy groups -OCH3 is 1. The van der Waals surface area contributed by atoms with Gasteiger partial charge in [0, 0.05) is 5.69 Å². The van der Waals surface area contributed by atoms with Crippen molar-refractivity contribution in [3.63, 3.8) is 0 Å². The molecule has 0 radical (unpaired) electrons. The van der Waals surface area contributed by atoms with Crippen molar-refractivity contribution in [2.75, 3.05) is 18.2 Å². The second-order valence-corrected chi connectivity index (χ2v) is 6.81. The fourth-order valence-electron chi connectivity index (χ4n) is 2.39. The van der Waals surface area contributed by atoms with E-state index in [0.717, 1.165) is 11.3 Å². The fraction of sp³-hybridized carbons (Fsp3) is 0.167. The molecule has 2 aromatic carbocycles. The number of ether oxygens (including phenoxy) is 1. The van der Waals surface area contributed by atoms with E-state index in [1.807, 2.05) is 35.8 Å². The summed E-state index contributed by atoms with van der Waals surface area (Å²) >= 11 is 7.39. The van der Waals surface area contributed by atoms with Crippen LogP contribution in [0.4, 0.5) is 5.69 Å². The minimum Gasteiger partial charge on any atom is -0.495 e. The number of benzene rings is 2. The topological polar surface area (TPSA) is 69.0 Å². The van der Waals surface area contributed by atoms with E-state index in [1.165, 1.54) is 11.8 Å². The summed E-state index contributed by atoms with van der Waals surface area (Å²) < 4.78 is 6.97. The molecule has 0 aliphatic heterocycles. The minimum atomic E-state index is -0.157. The molecule has 0 saturated carbocycles. The average Bonchev–Trinajstić information content (AvgIpc) is 3.09. The van der Waals surface area contributed by atoms with E-state index in [2.05, 4.69) is 15.5 Å². The van der Waals surface area contributed by atoms with Crippen LogP contribution >= 0.6 is 23.4 Å². The van der Waals surface area contributed by atoms with Crippen molar-refractivity contribution >= 4 is 35.0 Å². The Morgan fingerprint density at radius 1 is 1.31 bits per heavy atom. The highest BCUT2D eigenvalue weighted by Crippen LogP contribution is 2.27. The molecular formula is C18H17ClN4O2S. The standard InChI is InChI=1S/C18H17ClN4O2S/c1-12-5-3-4-6-15(12)23-11-20-22-18(23)26-10-17(24)21-13-7-8-16(25-2)14(19)9-13/h3-9,11H,10H2,1-2H3,(H,21,24). The number of aryl methyl sites for hydroxylation is 1. The van der Waals surface area contributed by atoms with Gasteiger partial charge in [0.2, 0.25) is 5.91 Å². The number of amides is 1. The second-order valence-electron chi connectivity index (χ2n) is 5.46. The number of anilines is 1. The highest BCUT2D eigenvalue weighted by molar-refractivity contribution is 7.99. The van der Waals surface area contributed by atoms with E-state index in [-0.39, 0.29) is 11.7 Å². The van der Waals surface area contributed by atoms with E-state index in [0.29, 0.717) is 21.6 Å². The molecule has 3 aromatic rings. The number of nitrogens with zero attached hydrogens (tertiary/aromatic N) is 3. The van der Waals surface area contributed by atoms with E-state index in [4.69, 9.17) is 16.3 Å². The summed E-state index contributed by atoms with van der Waals surface area (Å²) in [7, 11) is 1.54. The van der Waals surface area contributed by atoms with E-state index in [1.54, 1.807) is 31.6 Å². The minimum absolute atomic E-state index is 0.157. The van der Waals surface area contributed by atoms with Crippen LogP contribution in [0.3, 0.4) is 0 Å². The summed E-state index contributed by atoms with van der Waals surface area (Å²) in [6.07, 6.45) is 1.64. The first-order valence-electron chi connectivity index (χ1n) is 7.80. The van der Waals surface area contributed by atoms with Gasteiger partial charge in [-0.1, -0.05) is 41.6 Å². The molecule has 6 nitrogen and oxygen atoms in total. The summed E-state index contributed by atoms with van der Waals surface area (Å²) in [6.45, 7) is 2.02. The Kier molecular flexibility index (Phi) is 5.80. The van der Waals surface area contributed by atoms with Crippen molar-refractivity contribution in [2.45, 2.75) is 12.1 Å². The van der Waals surface area contributed by atoms with Gasteiger partial charge in [0.1, 0.15) is 12.1 Å². The monoisotopic (exact) mass is 388 g/mol. The van der Waals surface area contributed by atoms with Crippen molar-refractivity contribution in [3.8, 4) is 11.4 Å². The van der Waals surface area contributed by atoms with Crippen molar-refractivity contribution in [1.82, 2.24) is 14.8 Å². The smallest absolute Gasteiger partial charge is 0.234 e. The number of hydrogen-bond acceptors (Lipinski definition) is 5. The van der Waals surface area contributed by atoms with E-state index in [9.17, 15) is 4.79 Å². The molecule has 0 aliphatic rings. The first-order valence-corrected chi connectivity index (χ1v) is 9.17. The summed E-state index contributed by atoms with van der Waals surface area (Å²) in [5.41, 5.74) is 2.70. The van der Waals surface area contributed by atoms with Crippen LogP contribution in [-0.2, 0) is 4.79 Å². The molecule has 8 heteroatoms. The number of rotatable bonds is 6. The van der Waals surface area contributed by atoms with Gasteiger partial charge in [-0.15, -0.1) is 10.2 Å². The molecule has 1 heterocycles. The predicted octanol–water partition coefficient (Wildman–Crippen LogP) is 3.97. The lowest BCUT2D eigenvalue weighted by molar-refractivity contribution is -0.113. The number of hydrogen-bond donors (Lipinski definition) is 1. The largest absolute Gasteiger partial charge is 0.495 e. The molecule has 26 heavy (non-hydrogen) atoms. The molecule has 0 aliphatic carbocycles. The first kappa shape index (κ1) is 18.3. The lowest BCUT2D eigenvalue weighted by Crippen LogP contribution is -2.14. The summed E-state index contributed by atoms with van der Waals surface area (Å²) in [5, 5.41) is 12.0. The Morgan fingerprint density at radius 2 is 2.12 bits per heavy atom. The maximum atomic E-state index is 12.2. The number of carbonyl (C=O) groups is 1. The molecule has 1 aromatic heterocycles. The molecule has 1 amide bonds. The van der Waals surface area contributed by atoms with Gasteiger partial charge in [0.05, 0.1) is 23.6 Å². The van der Waals surface area contributed by atoms with Crippen LogP contribution in [0.5, 0.6) is 5.75 Å². The Hall–Kier alpha value is -2.51. The molecule has 0 atom stereocenters. The zero-order valence-electron chi connectivity index (χ0n) is 14.3. The number of halogens is 1. The molecule has 0 spiro atoms. The van der Waals surface area contributed by atoms with Gasteiger partial charge in [-0.2, -0.15) is 0 Å². The molecular weight excluding hydrogens is 372 g/mol. The van der Waals surface area contributed by atoms with Crippen LogP contribution in [0, 0.1) is 6.92 Å². The highest BCUT2D eigenvalue weighted by Gasteiger charge is 2.12. The van der Waals surface area contributed by atoms with Gasteiger partial charge in [-0.25, -0.2) is 0 Å². The average molecular weight is 389 g/mol. The van der Waals surface area contributed by atoms with Gasteiger partial charge in [0.25, 0.3) is 0 Å². The Morgan fingerprint density at radius 3 is 2.85 bits per heavy atom. The molecule has 0 fully saturated rings. The third-order valence-electron chi connectivity index (χ3n) is 3.66. The highest BCUT2D eigenvalue weighted by atomic mass is 35.5. The fourth-order valence-corrected chi connectivity index (χ4v) is 3.37. The van der Waals surface area contributed by atoms with Gasteiger partial charge in [-0.05, 0) is 36.8 Å². The maximum absolute atomic E-state index is 12.2. The first-order chi connectivity index (χ1) is 12.6. The molecule has 0 bridgehead atoms. The number of nitrogens with one attached hydrogen (secondary N) is 1. The zero-order valence-corrected chi connectivity index (χ0v) is 15.8. The number of aromatic nitrogens is 3. The second kappa shape index (κ2) is 8.25. The zero-order chi connectivity index (χ0) is 18.5. The summed E-state index contributed by atoms with van der Waals surface area (Å²) in [5.74, 6) is 0.606. The molecule has 0 saturated heterocycles. The van der Waals surface area contributed by atoms with Crippen molar-refractivity contribution in [1.29, 1.82) is 0 Å². The van der Waals surface area contributed by atoms with Crippen molar-refractivity contribution in [3.05, 3.63) is 59.4 Å². The Bertz CT molecular complexity index is 929. The SMILES string of the molecule is COc1ccc(NC(=O)CSc2nncn2-c2ccccc2C)cc1Cl. The van der Waals surface area contributed by atoms with Gasteiger partial charge < -0.3 is 10.1 Å². The third-order valence-corrected chi connectivity index (χ3v) is 4.90. The van der Waals surface area contributed by atoms with Crippen LogP contribution in [0.25, 0.3) is 5.69 Å². The molecule has 1 N–H and O–H groups in total. The van der Waals surface area contributed by atoms with Crippen LogP contribution in [0.15, 0.2) is 53.9 Å². The summed E-state index contributed by atoms with van der Waals surface area (Å²) in [4.78, 5) is 12.2. The lowest BCUT2D eigenvalue weighted by atomic mass is 10.2. The van der Waals surface area contributed by atoms with Crippen molar-refractivity contribution < 1.29 is 9.53 Å². The normalized spacial score (nSPS) is 10.6. The Labute approximate surface area is 160 Å². The van der Waals surface area contributed by atoms with E-state index < -0.39 is 0 Å². The molecule has 0 unspecified atom stereocenters. The van der Waals surface area contributed by atoms with Gasteiger partial charge in [-0.3, -0.25) is 9.36 Å². The van der Waals surface area contributed by atoms with Gasteiger partial charge >= 0.3 is 0 Å². The molecule has 134 valence electrons. The number of thioether (sulfide) groups is 1. The third kappa shape index (κ3) is 4.17. The quantitative estimate of drug-likeness (QED) is 0.647.